The summed E-state index contributed by atoms with van der Waals surface area (Å²) < 4.78 is 4.80. The van der Waals surface area contributed by atoms with Crippen molar-refractivity contribution in [3.63, 3.8) is 0 Å². The van der Waals surface area contributed by atoms with Crippen molar-refractivity contribution in [3.05, 3.63) is 25.3 Å². The average Bonchev–Trinajstić information content (AvgIpc) is 2.00. The fourth-order valence-electron chi connectivity index (χ4n) is 0.630. The van der Waals surface area contributed by atoms with Gasteiger partial charge in [-0.3, -0.25) is 4.79 Å². The third-order valence-corrected chi connectivity index (χ3v) is 1.27. The van der Waals surface area contributed by atoms with E-state index in [2.05, 4.69) is 13.2 Å². The summed E-state index contributed by atoms with van der Waals surface area (Å²) >= 11 is 0. The van der Waals surface area contributed by atoms with Crippen LogP contribution in [0.5, 0.6) is 0 Å². The summed E-state index contributed by atoms with van der Waals surface area (Å²) in [6, 6.07) is 0. The Hall–Kier alpha value is -1.05. The van der Waals surface area contributed by atoms with Crippen LogP contribution in [0.1, 0.15) is 13.3 Å². The Morgan fingerprint density at radius 3 is 2.64 bits per heavy atom. The van der Waals surface area contributed by atoms with Crippen molar-refractivity contribution in [1.29, 1.82) is 0 Å². The number of carbonyl (C=O) groups is 1. The Balaban J connectivity index is 3.62. The van der Waals surface area contributed by atoms with Gasteiger partial charge in [0.15, 0.2) is 0 Å². The second-order valence-electron chi connectivity index (χ2n) is 2.34. The predicted octanol–water partition coefficient (Wildman–Crippen LogP) is 1.93. The van der Waals surface area contributed by atoms with Crippen LogP contribution in [-0.4, -0.2) is 12.6 Å². The van der Waals surface area contributed by atoms with Crippen LogP contribution in [0, 0.1) is 5.92 Å². The van der Waals surface area contributed by atoms with Crippen LogP contribution in [-0.2, 0) is 9.53 Å². The van der Waals surface area contributed by atoms with Gasteiger partial charge < -0.3 is 4.74 Å². The van der Waals surface area contributed by atoms with Gasteiger partial charge in [-0.1, -0.05) is 25.7 Å². The lowest BCUT2D eigenvalue weighted by Crippen LogP contribution is -2.13. The van der Waals surface area contributed by atoms with E-state index in [4.69, 9.17) is 4.74 Å². The smallest absolute Gasteiger partial charge is 0.309 e. The molecule has 0 aliphatic rings. The maximum absolute atomic E-state index is 11.0. The molecule has 0 saturated heterocycles. The monoisotopic (exact) mass is 154 g/mol. The summed E-state index contributed by atoms with van der Waals surface area (Å²) in [6.07, 6.45) is 3.92. The molecule has 0 rings (SSSR count). The highest BCUT2D eigenvalue weighted by atomic mass is 16.5. The van der Waals surface area contributed by atoms with Crippen molar-refractivity contribution in [2.45, 2.75) is 13.3 Å². The van der Waals surface area contributed by atoms with Crippen LogP contribution in [0.15, 0.2) is 25.3 Å². The van der Waals surface area contributed by atoms with Crippen molar-refractivity contribution >= 4 is 5.97 Å². The fourth-order valence-corrected chi connectivity index (χ4v) is 0.630. The molecule has 0 aromatic rings. The molecular formula is C9H14O2. The van der Waals surface area contributed by atoms with Gasteiger partial charge in [0.05, 0.1) is 5.92 Å². The highest BCUT2D eigenvalue weighted by Gasteiger charge is 2.10. The summed E-state index contributed by atoms with van der Waals surface area (Å²) in [5.41, 5.74) is 0. The van der Waals surface area contributed by atoms with E-state index in [0.29, 0.717) is 13.0 Å². The quantitative estimate of drug-likeness (QED) is 0.446. The summed E-state index contributed by atoms with van der Waals surface area (Å²) in [6.45, 7) is 9.08. The van der Waals surface area contributed by atoms with Gasteiger partial charge in [-0.15, -0.1) is 6.58 Å². The molecule has 0 radical (unpaired) electrons. The molecule has 0 heterocycles. The molecule has 0 aromatic carbocycles. The molecule has 11 heavy (non-hydrogen) atoms. The number of ether oxygens (including phenoxy) is 1. The maximum Gasteiger partial charge on any atom is 0.309 e. The first-order valence-corrected chi connectivity index (χ1v) is 3.60. The minimum atomic E-state index is -0.190. The maximum atomic E-state index is 11.0. The molecule has 0 aliphatic carbocycles. The topological polar surface area (TPSA) is 26.3 Å². The predicted molar refractivity (Wildman–Crippen MR) is 45.1 cm³/mol. The number of rotatable bonds is 5. The minimum Gasteiger partial charge on any atom is -0.461 e. The standard InChI is InChI=1S/C9H14O2/c1-4-6-8(3)9(10)11-7-5-2/h4-5,8H,1-2,6-7H2,3H3. The van der Waals surface area contributed by atoms with Crippen molar-refractivity contribution in [1.82, 2.24) is 0 Å². The molecular weight excluding hydrogens is 140 g/mol. The molecule has 0 amide bonds. The van der Waals surface area contributed by atoms with E-state index < -0.39 is 0 Å². The van der Waals surface area contributed by atoms with Crippen LogP contribution < -0.4 is 0 Å². The molecule has 0 bridgehead atoms. The van der Waals surface area contributed by atoms with Crippen LogP contribution in [0.25, 0.3) is 0 Å². The summed E-state index contributed by atoms with van der Waals surface area (Å²) in [7, 11) is 0. The highest BCUT2D eigenvalue weighted by molar-refractivity contribution is 5.72. The molecule has 0 aromatic heterocycles. The number of hydrogen-bond donors (Lipinski definition) is 0. The third kappa shape index (κ3) is 4.37. The molecule has 2 nitrogen and oxygen atoms in total. The van der Waals surface area contributed by atoms with Gasteiger partial charge in [0.25, 0.3) is 0 Å². The van der Waals surface area contributed by atoms with Gasteiger partial charge in [-0.2, -0.15) is 0 Å². The van der Waals surface area contributed by atoms with Crippen molar-refractivity contribution in [2.75, 3.05) is 6.61 Å². The van der Waals surface area contributed by atoms with E-state index in [9.17, 15) is 4.79 Å². The lowest BCUT2D eigenvalue weighted by molar-refractivity contribution is -0.146. The molecule has 62 valence electrons. The average molecular weight is 154 g/mol. The van der Waals surface area contributed by atoms with E-state index >= 15 is 0 Å². The number of hydrogen-bond acceptors (Lipinski definition) is 2. The second-order valence-corrected chi connectivity index (χ2v) is 2.34. The number of esters is 1. The van der Waals surface area contributed by atoms with Crippen LogP contribution >= 0.6 is 0 Å². The first kappa shape index (κ1) is 9.95. The molecule has 1 unspecified atom stereocenters. The Kier molecular flexibility index (Phi) is 5.17. The molecule has 0 spiro atoms. The molecule has 0 aliphatic heterocycles. The normalized spacial score (nSPS) is 11.7. The summed E-state index contributed by atoms with van der Waals surface area (Å²) in [5.74, 6) is -0.280. The molecule has 0 saturated carbocycles. The minimum absolute atomic E-state index is 0.0903. The first-order chi connectivity index (χ1) is 5.22. The fraction of sp³-hybridized carbons (Fsp3) is 0.444. The van der Waals surface area contributed by atoms with Gasteiger partial charge in [0, 0.05) is 0 Å². The van der Waals surface area contributed by atoms with E-state index in [1.807, 2.05) is 6.92 Å². The van der Waals surface area contributed by atoms with Crippen molar-refractivity contribution in [2.24, 2.45) is 5.92 Å². The Morgan fingerprint density at radius 1 is 1.55 bits per heavy atom. The first-order valence-electron chi connectivity index (χ1n) is 3.60. The van der Waals surface area contributed by atoms with E-state index in [0.717, 1.165) is 0 Å². The van der Waals surface area contributed by atoms with E-state index in [1.165, 1.54) is 0 Å². The second kappa shape index (κ2) is 5.71. The Bertz CT molecular complexity index is 150. The van der Waals surface area contributed by atoms with Gasteiger partial charge in [0.2, 0.25) is 0 Å². The zero-order valence-electron chi connectivity index (χ0n) is 6.88. The number of allylic oxidation sites excluding steroid dienone is 1. The van der Waals surface area contributed by atoms with Crippen molar-refractivity contribution < 1.29 is 9.53 Å². The highest BCUT2D eigenvalue weighted by Crippen LogP contribution is 2.04. The van der Waals surface area contributed by atoms with Gasteiger partial charge in [-0.05, 0) is 6.42 Å². The summed E-state index contributed by atoms with van der Waals surface area (Å²) in [5, 5.41) is 0. The van der Waals surface area contributed by atoms with E-state index in [1.54, 1.807) is 12.2 Å². The lowest BCUT2D eigenvalue weighted by atomic mass is 10.1. The Morgan fingerprint density at radius 2 is 2.18 bits per heavy atom. The zero-order chi connectivity index (χ0) is 8.69. The third-order valence-electron chi connectivity index (χ3n) is 1.27. The van der Waals surface area contributed by atoms with Crippen molar-refractivity contribution in [3.8, 4) is 0 Å². The largest absolute Gasteiger partial charge is 0.461 e. The molecule has 0 fully saturated rings. The molecule has 2 heteroatoms. The van der Waals surface area contributed by atoms with Crippen LogP contribution in [0.2, 0.25) is 0 Å². The number of carbonyl (C=O) groups excluding carboxylic acids is 1. The van der Waals surface area contributed by atoms with Crippen LogP contribution in [0.4, 0.5) is 0 Å². The SMILES string of the molecule is C=CCOC(=O)C(C)CC=C. The Labute approximate surface area is 67.6 Å². The van der Waals surface area contributed by atoms with E-state index in [-0.39, 0.29) is 11.9 Å². The molecule has 0 N–H and O–H groups in total. The lowest BCUT2D eigenvalue weighted by Gasteiger charge is -2.06. The zero-order valence-corrected chi connectivity index (χ0v) is 6.88. The summed E-state index contributed by atoms with van der Waals surface area (Å²) in [4.78, 5) is 11.0. The van der Waals surface area contributed by atoms with Gasteiger partial charge in [-0.25, -0.2) is 0 Å². The van der Waals surface area contributed by atoms with Gasteiger partial charge in [0.1, 0.15) is 6.61 Å². The van der Waals surface area contributed by atoms with Crippen LogP contribution in [0.3, 0.4) is 0 Å². The molecule has 1 atom stereocenters. The van der Waals surface area contributed by atoms with Gasteiger partial charge >= 0.3 is 5.97 Å².